The van der Waals surface area contributed by atoms with Gasteiger partial charge >= 0.3 is 5.97 Å². The predicted molar refractivity (Wildman–Crippen MR) is 76.6 cm³/mol. The predicted octanol–water partition coefficient (Wildman–Crippen LogP) is 3.52. The van der Waals surface area contributed by atoms with Crippen molar-refractivity contribution in [3.8, 4) is 0 Å². The minimum Gasteiger partial charge on any atom is -0.462 e. The molecule has 1 saturated carbocycles. The van der Waals surface area contributed by atoms with Gasteiger partial charge in [0, 0.05) is 6.04 Å². The van der Waals surface area contributed by atoms with Gasteiger partial charge in [-0.2, -0.15) is 0 Å². The molecule has 0 unspecified atom stereocenters. The summed E-state index contributed by atoms with van der Waals surface area (Å²) in [5, 5.41) is 0. The third-order valence-corrected chi connectivity index (χ3v) is 3.96. The van der Waals surface area contributed by atoms with Crippen molar-refractivity contribution in [2.24, 2.45) is 0 Å². The van der Waals surface area contributed by atoms with Gasteiger partial charge in [0.1, 0.15) is 0 Å². The Bertz CT molecular complexity index is 612. The summed E-state index contributed by atoms with van der Waals surface area (Å²) in [5.41, 5.74) is 2.44. The fraction of sp³-hybridized carbons (Fsp3) is 0.500. The van der Waals surface area contributed by atoms with Crippen molar-refractivity contribution in [2.45, 2.75) is 45.1 Å². The quantitative estimate of drug-likeness (QED) is 0.802. The lowest BCUT2D eigenvalue weighted by Gasteiger charge is -2.23. The van der Waals surface area contributed by atoms with Gasteiger partial charge in [-0.1, -0.05) is 19.3 Å². The Morgan fingerprint density at radius 3 is 2.95 bits per heavy atom. The summed E-state index contributed by atoms with van der Waals surface area (Å²) in [5.74, 6) is -0.290. The summed E-state index contributed by atoms with van der Waals surface area (Å²) in [6.45, 7) is 2.20. The summed E-state index contributed by atoms with van der Waals surface area (Å²) < 4.78 is 7.16. The standard InChI is InChI=1S/C16H19N2O2/c1-2-20-16(19)12-8-9-15-14(10-12)17-11-18(15)13-6-4-3-5-7-13/h8-10,13H,2-7H2,1H3. The first kappa shape index (κ1) is 13.2. The molecule has 2 aromatic rings. The number of aromatic nitrogens is 2. The maximum atomic E-state index is 11.7. The number of fused-ring (bicyclic) bond motifs is 1. The van der Waals surface area contributed by atoms with E-state index in [1.165, 1.54) is 32.1 Å². The van der Waals surface area contributed by atoms with Crippen molar-refractivity contribution >= 4 is 17.0 Å². The summed E-state index contributed by atoms with van der Waals surface area (Å²) in [7, 11) is 0. The number of hydrogen-bond acceptors (Lipinski definition) is 3. The zero-order chi connectivity index (χ0) is 13.9. The largest absolute Gasteiger partial charge is 0.462 e. The van der Waals surface area contributed by atoms with Gasteiger partial charge in [-0.05, 0) is 38.0 Å². The summed E-state index contributed by atoms with van der Waals surface area (Å²) in [6.07, 6.45) is 9.37. The molecule has 0 bridgehead atoms. The number of carbonyl (C=O) groups is 1. The first-order valence-corrected chi connectivity index (χ1v) is 7.36. The number of esters is 1. The van der Waals surface area contributed by atoms with E-state index in [4.69, 9.17) is 4.74 Å². The third-order valence-electron chi connectivity index (χ3n) is 3.96. The van der Waals surface area contributed by atoms with Crippen LogP contribution in [0.1, 0.15) is 55.4 Å². The molecular formula is C16H19N2O2. The molecule has 0 aliphatic heterocycles. The van der Waals surface area contributed by atoms with Gasteiger partial charge in [-0.3, -0.25) is 0 Å². The minimum absolute atomic E-state index is 0.290. The van der Waals surface area contributed by atoms with E-state index in [9.17, 15) is 4.79 Å². The normalized spacial score (nSPS) is 16.4. The molecule has 1 heterocycles. The second-order valence-corrected chi connectivity index (χ2v) is 5.30. The molecule has 4 heteroatoms. The van der Waals surface area contributed by atoms with E-state index in [1.54, 1.807) is 6.07 Å². The second kappa shape index (κ2) is 5.65. The molecule has 1 aliphatic carbocycles. The Kier molecular flexibility index (Phi) is 3.72. The molecule has 1 aromatic heterocycles. The maximum absolute atomic E-state index is 11.7. The number of carbonyl (C=O) groups excluding carboxylic acids is 1. The van der Waals surface area contributed by atoms with E-state index in [-0.39, 0.29) is 5.97 Å². The topological polar surface area (TPSA) is 44.1 Å². The van der Waals surface area contributed by atoms with Crippen molar-refractivity contribution in [3.05, 3.63) is 30.1 Å². The van der Waals surface area contributed by atoms with Crippen molar-refractivity contribution in [3.63, 3.8) is 0 Å². The fourth-order valence-corrected chi connectivity index (χ4v) is 2.94. The molecule has 0 atom stereocenters. The van der Waals surface area contributed by atoms with Crippen LogP contribution in [0.2, 0.25) is 0 Å². The SMILES string of the molecule is CCOC(=O)c1ccc2c(c1)n[c]n2C1CCCCC1. The molecule has 1 fully saturated rings. The van der Waals surface area contributed by atoms with Crippen molar-refractivity contribution in [1.29, 1.82) is 0 Å². The maximum Gasteiger partial charge on any atom is 0.338 e. The van der Waals surface area contributed by atoms with Gasteiger partial charge in [0.05, 0.1) is 23.2 Å². The van der Waals surface area contributed by atoms with E-state index < -0.39 is 0 Å². The Labute approximate surface area is 118 Å². The van der Waals surface area contributed by atoms with E-state index in [1.807, 2.05) is 19.1 Å². The number of hydrogen-bond donors (Lipinski definition) is 0. The number of imidazole rings is 1. The lowest BCUT2D eigenvalue weighted by atomic mass is 9.95. The Morgan fingerprint density at radius 1 is 1.40 bits per heavy atom. The van der Waals surface area contributed by atoms with Crippen molar-refractivity contribution < 1.29 is 9.53 Å². The molecule has 0 spiro atoms. The second-order valence-electron chi connectivity index (χ2n) is 5.30. The average Bonchev–Trinajstić information content (AvgIpc) is 2.91. The van der Waals surface area contributed by atoms with Crippen LogP contribution in [-0.4, -0.2) is 22.1 Å². The lowest BCUT2D eigenvalue weighted by molar-refractivity contribution is 0.0526. The van der Waals surface area contributed by atoms with E-state index >= 15 is 0 Å². The molecule has 4 nitrogen and oxygen atoms in total. The van der Waals surface area contributed by atoms with Gasteiger partial charge in [0.15, 0.2) is 6.33 Å². The van der Waals surface area contributed by atoms with Crippen LogP contribution in [0.15, 0.2) is 18.2 Å². The molecule has 105 valence electrons. The molecular weight excluding hydrogens is 252 g/mol. The van der Waals surface area contributed by atoms with Gasteiger partial charge in [0.25, 0.3) is 0 Å². The van der Waals surface area contributed by atoms with Crippen LogP contribution in [0.25, 0.3) is 11.0 Å². The zero-order valence-electron chi connectivity index (χ0n) is 11.8. The molecule has 20 heavy (non-hydrogen) atoms. The van der Waals surface area contributed by atoms with Crippen LogP contribution in [0.5, 0.6) is 0 Å². The first-order valence-electron chi connectivity index (χ1n) is 7.36. The molecule has 1 radical (unpaired) electrons. The Morgan fingerprint density at radius 2 is 2.20 bits per heavy atom. The van der Waals surface area contributed by atoms with Crippen molar-refractivity contribution in [1.82, 2.24) is 9.55 Å². The van der Waals surface area contributed by atoms with Crippen LogP contribution < -0.4 is 0 Å². The smallest absolute Gasteiger partial charge is 0.338 e. The van der Waals surface area contributed by atoms with Gasteiger partial charge in [-0.25, -0.2) is 9.78 Å². The lowest BCUT2D eigenvalue weighted by Crippen LogP contribution is -2.12. The highest BCUT2D eigenvalue weighted by atomic mass is 16.5. The van der Waals surface area contributed by atoms with Crippen LogP contribution in [0, 0.1) is 6.33 Å². The third kappa shape index (κ3) is 2.42. The van der Waals surface area contributed by atoms with Crippen LogP contribution in [-0.2, 0) is 4.74 Å². The van der Waals surface area contributed by atoms with Crippen LogP contribution in [0.4, 0.5) is 0 Å². The highest BCUT2D eigenvalue weighted by Gasteiger charge is 2.18. The average molecular weight is 271 g/mol. The summed E-state index contributed by atoms with van der Waals surface area (Å²) in [4.78, 5) is 16.1. The zero-order valence-corrected chi connectivity index (χ0v) is 11.8. The van der Waals surface area contributed by atoms with Gasteiger partial charge < -0.3 is 9.30 Å². The summed E-state index contributed by atoms with van der Waals surface area (Å²) >= 11 is 0. The number of benzene rings is 1. The number of rotatable bonds is 3. The molecule has 3 rings (SSSR count). The molecule has 0 saturated heterocycles. The Balaban J connectivity index is 1.91. The molecule has 1 aliphatic rings. The highest BCUT2D eigenvalue weighted by Crippen LogP contribution is 2.30. The van der Waals surface area contributed by atoms with Gasteiger partial charge in [-0.15, -0.1) is 0 Å². The molecule has 1 aromatic carbocycles. The number of ether oxygens (including phenoxy) is 1. The summed E-state index contributed by atoms with van der Waals surface area (Å²) in [6, 6.07) is 6.07. The van der Waals surface area contributed by atoms with Crippen LogP contribution >= 0.6 is 0 Å². The first-order chi connectivity index (χ1) is 9.79. The van der Waals surface area contributed by atoms with E-state index in [0.717, 1.165) is 11.0 Å². The van der Waals surface area contributed by atoms with Crippen molar-refractivity contribution in [2.75, 3.05) is 6.61 Å². The monoisotopic (exact) mass is 271 g/mol. The van der Waals surface area contributed by atoms with Crippen LogP contribution in [0.3, 0.4) is 0 Å². The molecule has 0 amide bonds. The number of nitrogens with zero attached hydrogens (tertiary/aromatic N) is 2. The Hall–Kier alpha value is -1.84. The van der Waals surface area contributed by atoms with E-state index in [0.29, 0.717) is 18.2 Å². The van der Waals surface area contributed by atoms with Gasteiger partial charge in [0.2, 0.25) is 0 Å². The fourth-order valence-electron chi connectivity index (χ4n) is 2.94. The van der Waals surface area contributed by atoms with E-state index in [2.05, 4.69) is 15.9 Å². The highest BCUT2D eigenvalue weighted by molar-refractivity contribution is 5.93. The minimum atomic E-state index is -0.290. The molecule has 0 N–H and O–H groups in total.